The molecule has 2 aromatic heterocycles. The third kappa shape index (κ3) is 5.30. The number of rotatable bonds is 9. The van der Waals surface area contributed by atoms with Crippen molar-refractivity contribution in [1.29, 1.82) is 0 Å². The molecule has 0 amide bonds. The molecule has 0 fully saturated rings. The highest BCUT2D eigenvalue weighted by atomic mass is 19.1. The second-order valence-electron chi connectivity index (χ2n) is 8.18. The van der Waals surface area contributed by atoms with Gasteiger partial charge in [-0.1, -0.05) is 29.4 Å². The van der Waals surface area contributed by atoms with Gasteiger partial charge in [-0.25, -0.2) is 14.4 Å². The first-order valence-corrected chi connectivity index (χ1v) is 11.3. The lowest BCUT2D eigenvalue weighted by Gasteiger charge is -2.15. The molecule has 0 bridgehead atoms. The largest absolute Gasteiger partial charge is 0.361 e. The van der Waals surface area contributed by atoms with Gasteiger partial charge in [-0.05, 0) is 57.6 Å². The predicted molar refractivity (Wildman–Crippen MR) is 132 cm³/mol. The summed E-state index contributed by atoms with van der Waals surface area (Å²) in [6, 6.07) is 14.5. The second kappa shape index (κ2) is 10.5. The molecule has 34 heavy (non-hydrogen) atoms. The molecule has 0 atom stereocenters. The lowest BCUT2D eigenvalue weighted by atomic mass is 10.0. The molecule has 7 nitrogen and oxygen atoms in total. The number of halogens is 1. The Balaban J connectivity index is 1.77. The topological polar surface area (TPSA) is 87.9 Å². The van der Waals surface area contributed by atoms with Gasteiger partial charge in [0.1, 0.15) is 17.4 Å². The molecule has 0 unspecified atom stereocenters. The van der Waals surface area contributed by atoms with Crippen LogP contribution >= 0.6 is 0 Å². The summed E-state index contributed by atoms with van der Waals surface area (Å²) in [6.45, 7) is 8.22. The fourth-order valence-corrected chi connectivity index (χ4v) is 3.80. The first-order chi connectivity index (χ1) is 16.5. The van der Waals surface area contributed by atoms with Crippen LogP contribution in [-0.2, 0) is 6.54 Å². The summed E-state index contributed by atoms with van der Waals surface area (Å²) in [5.41, 5.74) is 5.79. The van der Waals surface area contributed by atoms with Crippen LogP contribution in [0.5, 0.6) is 0 Å². The van der Waals surface area contributed by atoms with E-state index in [0.717, 1.165) is 53.3 Å². The SMILES string of the molecule is CNCCNCc1cccc(-c2nc(Nc3cccc(F)c3)c(C)c(-c3c(C)noc3C)n2)c1. The van der Waals surface area contributed by atoms with Gasteiger partial charge in [0.15, 0.2) is 5.82 Å². The Morgan fingerprint density at radius 2 is 1.79 bits per heavy atom. The number of anilines is 2. The Morgan fingerprint density at radius 3 is 2.53 bits per heavy atom. The van der Waals surface area contributed by atoms with Crippen molar-refractivity contribution in [2.75, 3.05) is 25.5 Å². The van der Waals surface area contributed by atoms with E-state index in [4.69, 9.17) is 14.5 Å². The van der Waals surface area contributed by atoms with E-state index < -0.39 is 0 Å². The van der Waals surface area contributed by atoms with E-state index in [1.165, 1.54) is 12.1 Å². The van der Waals surface area contributed by atoms with Crippen LogP contribution < -0.4 is 16.0 Å². The van der Waals surface area contributed by atoms with Gasteiger partial charge in [0.05, 0.1) is 17.0 Å². The molecule has 0 aliphatic carbocycles. The maximum atomic E-state index is 13.8. The zero-order valence-corrected chi connectivity index (χ0v) is 19.9. The average molecular weight is 461 g/mol. The van der Waals surface area contributed by atoms with Gasteiger partial charge in [-0.15, -0.1) is 0 Å². The Bertz CT molecular complexity index is 1270. The van der Waals surface area contributed by atoms with E-state index in [1.807, 2.05) is 40.0 Å². The van der Waals surface area contributed by atoms with Gasteiger partial charge in [0.25, 0.3) is 0 Å². The van der Waals surface area contributed by atoms with E-state index in [9.17, 15) is 4.39 Å². The number of aromatic nitrogens is 3. The van der Waals surface area contributed by atoms with Crippen LogP contribution in [0.2, 0.25) is 0 Å². The minimum atomic E-state index is -0.318. The molecule has 4 aromatic rings. The molecular weight excluding hydrogens is 431 g/mol. The van der Waals surface area contributed by atoms with Gasteiger partial charge in [-0.3, -0.25) is 0 Å². The molecule has 0 radical (unpaired) electrons. The normalized spacial score (nSPS) is 11.1. The molecule has 0 spiro atoms. The third-order valence-corrected chi connectivity index (χ3v) is 5.57. The third-order valence-electron chi connectivity index (χ3n) is 5.57. The van der Waals surface area contributed by atoms with Crippen molar-refractivity contribution in [3.63, 3.8) is 0 Å². The van der Waals surface area contributed by atoms with Crippen LogP contribution in [0.25, 0.3) is 22.6 Å². The average Bonchev–Trinajstić information content (AvgIpc) is 3.16. The fraction of sp³-hybridized carbons (Fsp3) is 0.269. The molecule has 0 saturated heterocycles. The standard InChI is InChI=1S/C26H29FN6O/c1-16-24(23-17(2)33-34-18(23)3)31-26(32-25(16)30-22-10-6-9-21(27)14-22)20-8-5-7-19(13-20)15-29-12-11-28-4/h5-10,13-14,28-29H,11-12,15H2,1-4H3,(H,30,31,32). The van der Waals surface area contributed by atoms with Crippen LogP contribution in [-0.4, -0.2) is 35.3 Å². The van der Waals surface area contributed by atoms with E-state index in [-0.39, 0.29) is 5.82 Å². The monoisotopic (exact) mass is 460 g/mol. The molecule has 0 aliphatic rings. The highest BCUT2D eigenvalue weighted by molar-refractivity contribution is 5.76. The summed E-state index contributed by atoms with van der Waals surface area (Å²) in [4.78, 5) is 9.74. The number of hydrogen-bond donors (Lipinski definition) is 3. The predicted octanol–water partition coefficient (Wildman–Crippen LogP) is 4.92. The zero-order valence-electron chi connectivity index (χ0n) is 19.9. The molecule has 4 rings (SSSR count). The van der Waals surface area contributed by atoms with Crippen molar-refractivity contribution in [3.05, 3.63) is 76.9 Å². The number of nitrogens with one attached hydrogen (secondary N) is 3. The molecular formula is C26H29FN6O. The first-order valence-electron chi connectivity index (χ1n) is 11.3. The number of aryl methyl sites for hydroxylation is 2. The Morgan fingerprint density at radius 1 is 0.971 bits per heavy atom. The van der Waals surface area contributed by atoms with Gasteiger partial charge in [-0.2, -0.15) is 0 Å². The summed E-state index contributed by atoms with van der Waals surface area (Å²) < 4.78 is 19.2. The lowest BCUT2D eigenvalue weighted by molar-refractivity contribution is 0.393. The van der Waals surface area contributed by atoms with E-state index in [2.05, 4.69) is 33.2 Å². The van der Waals surface area contributed by atoms with Crippen LogP contribution in [0.1, 0.15) is 22.6 Å². The molecule has 2 aromatic carbocycles. The van der Waals surface area contributed by atoms with Crippen molar-refractivity contribution in [1.82, 2.24) is 25.8 Å². The molecule has 176 valence electrons. The minimum Gasteiger partial charge on any atom is -0.361 e. The van der Waals surface area contributed by atoms with Crippen molar-refractivity contribution in [2.45, 2.75) is 27.3 Å². The maximum Gasteiger partial charge on any atom is 0.162 e. The van der Waals surface area contributed by atoms with Crippen LogP contribution in [0, 0.1) is 26.6 Å². The van der Waals surface area contributed by atoms with Crippen molar-refractivity contribution >= 4 is 11.5 Å². The highest BCUT2D eigenvalue weighted by Gasteiger charge is 2.20. The Kier molecular flexibility index (Phi) is 7.30. The van der Waals surface area contributed by atoms with Crippen LogP contribution in [0.3, 0.4) is 0 Å². The van der Waals surface area contributed by atoms with Crippen LogP contribution in [0.4, 0.5) is 15.9 Å². The molecule has 2 heterocycles. The number of benzene rings is 2. The molecule has 0 saturated carbocycles. The summed E-state index contributed by atoms with van der Waals surface area (Å²) in [5, 5.41) is 13.9. The quantitative estimate of drug-likeness (QED) is 0.306. The van der Waals surface area contributed by atoms with Gasteiger partial charge in [0, 0.05) is 36.4 Å². The maximum absolute atomic E-state index is 13.8. The fourth-order valence-electron chi connectivity index (χ4n) is 3.80. The summed E-state index contributed by atoms with van der Waals surface area (Å²) in [7, 11) is 1.93. The van der Waals surface area contributed by atoms with E-state index in [1.54, 1.807) is 12.1 Å². The summed E-state index contributed by atoms with van der Waals surface area (Å²) in [6.07, 6.45) is 0. The van der Waals surface area contributed by atoms with E-state index in [0.29, 0.717) is 23.1 Å². The summed E-state index contributed by atoms with van der Waals surface area (Å²) in [5.74, 6) is 1.53. The smallest absolute Gasteiger partial charge is 0.162 e. The molecule has 3 N–H and O–H groups in total. The van der Waals surface area contributed by atoms with Gasteiger partial charge in [0.2, 0.25) is 0 Å². The van der Waals surface area contributed by atoms with Gasteiger partial charge >= 0.3 is 0 Å². The van der Waals surface area contributed by atoms with Crippen molar-refractivity contribution in [2.24, 2.45) is 0 Å². The minimum absolute atomic E-state index is 0.318. The summed E-state index contributed by atoms with van der Waals surface area (Å²) >= 11 is 0. The van der Waals surface area contributed by atoms with Gasteiger partial charge < -0.3 is 20.5 Å². The second-order valence-corrected chi connectivity index (χ2v) is 8.18. The van der Waals surface area contributed by atoms with Crippen LogP contribution in [0.15, 0.2) is 53.1 Å². The van der Waals surface area contributed by atoms with Crippen molar-refractivity contribution < 1.29 is 8.91 Å². The molecule has 0 aliphatic heterocycles. The first kappa shape index (κ1) is 23.5. The zero-order chi connectivity index (χ0) is 24.1. The van der Waals surface area contributed by atoms with E-state index >= 15 is 0 Å². The number of nitrogens with zero attached hydrogens (tertiary/aromatic N) is 3. The number of hydrogen-bond acceptors (Lipinski definition) is 7. The highest BCUT2D eigenvalue weighted by Crippen LogP contribution is 2.34. The lowest BCUT2D eigenvalue weighted by Crippen LogP contribution is -2.24. The molecule has 8 heteroatoms. The number of likely N-dealkylation sites (N-methyl/N-ethyl adjacent to an activating group) is 1. The Labute approximate surface area is 198 Å². The Hall–Kier alpha value is -3.62. The van der Waals surface area contributed by atoms with Crippen molar-refractivity contribution in [3.8, 4) is 22.6 Å².